The normalized spacial score (nSPS) is 18.2. The number of hydrogen-bond acceptors (Lipinski definition) is 4. The number of piperidine rings is 1. The maximum atomic E-state index is 12.0. The highest BCUT2D eigenvalue weighted by molar-refractivity contribution is 6.12. The van der Waals surface area contributed by atoms with Crippen LogP contribution < -0.4 is 17.3 Å². The second-order valence-corrected chi connectivity index (χ2v) is 7.05. The predicted octanol–water partition coefficient (Wildman–Crippen LogP) is -0.682. The molecule has 0 bridgehead atoms. The molecule has 0 aromatic heterocycles. The minimum absolute atomic E-state index is 0. The smallest absolute Gasteiger partial charge is 0.314 e. The van der Waals surface area contributed by atoms with E-state index in [9.17, 15) is 4.79 Å². The molecule has 1 unspecified atom stereocenters. The van der Waals surface area contributed by atoms with Crippen LogP contribution in [0.25, 0.3) is 0 Å². The van der Waals surface area contributed by atoms with Crippen LogP contribution in [0.2, 0.25) is 0 Å². The molecule has 1 fully saturated rings. The molecule has 0 saturated carbocycles. The van der Waals surface area contributed by atoms with Crippen LogP contribution in [0.3, 0.4) is 0 Å². The number of carbonyl (C=O) groups is 1. The fraction of sp³-hybridized carbons (Fsp3) is 0.391. The van der Waals surface area contributed by atoms with E-state index in [-0.39, 0.29) is 24.3 Å². The lowest BCUT2D eigenvalue weighted by atomic mass is 9.98. The Bertz CT molecular complexity index is 727. The summed E-state index contributed by atoms with van der Waals surface area (Å²) in [5.74, 6) is -0.0505. The number of esters is 1. The highest BCUT2D eigenvalue weighted by Crippen LogP contribution is 2.11. The first-order valence-corrected chi connectivity index (χ1v) is 10.1. The van der Waals surface area contributed by atoms with Gasteiger partial charge in [0.05, 0.1) is 19.7 Å². The van der Waals surface area contributed by atoms with E-state index in [1.165, 1.54) is 4.90 Å². The average Bonchev–Trinajstić information content (AvgIpc) is 2.75. The Kier molecular flexibility index (Phi) is 9.68. The molecule has 0 amide bonds. The topological polar surface area (TPSA) is 52.3 Å². The molecule has 1 N–H and O–H groups in total. The largest absolute Gasteiger partial charge is 1.00 e. The van der Waals surface area contributed by atoms with Gasteiger partial charge >= 0.3 is 5.97 Å². The van der Waals surface area contributed by atoms with Crippen LogP contribution in [0, 0.1) is 5.92 Å². The van der Waals surface area contributed by atoms with Crippen molar-refractivity contribution in [2.24, 2.45) is 11.1 Å². The van der Waals surface area contributed by atoms with Gasteiger partial charge in [0.2, 0.25) is 0 Å². The van der Waals surface area contributed by atoms with Gasteiger partial charge in [0.15, 0.2) is 6.61 Å². The van der Waals surface area contributed by atoms with E-state index in [4.69, 9.17) is 9.57 Å². The van der Waals surface area contributed by atoms with Gasteiger partial charge in [-0.3, -0.25) is 4.79 Å². The molecule has 0 spiro atoms. The zero-order valence-electron chi connectivity index (χ0n) is 16.9. The van der Waals surface area contributed by atoms with Gasteiger partial charge in [0, 0.05) is 11.1 Å². The van der Waals surface area contributed by atoms with Crippen LogP contribution in [0.5, 0.6) is 0 Å². The lowest BCUT2D eigenvalue weighted by molar-refractivity contribution is -0.908. The molecule has 1 heterocycles. The fourth-order valence-corrected chi connectivity index (χ4v) is 3.60. The Balaban J connectivity index is 0.00000300. The quantitative estimate of drug-likeness (QED) is 0.268. The lowest BCUT2D eigenvalue weighted by Crippen LogP contribution is -3.14. The number of hydrogen-bond donors (Lipinski definition) is 1. The third kappa shape index (κ3) is 6.87. The predicted molar refractivity (Wildman–Crippen MR) is 109 cm³/mol. The summed E-state index contributed by atoms with van der Waals surface area (Å²) < 4.78 is 5.18. The van der Waals surface area contributed by atoms with Crippen molar-refractivity contribution in [1.82, 2.24) is 0 Å². The first kappa shape index (κ1) is 22.9. The van der Waals surface area contributed by atoms with E-state index in [0.29, 0.717) is 13.2 Å². The standard InChI is InChI=1S/C23H28N2O3.ClH/c1-2-27-23(26)21-14-9-15-25(18-21)16-17-28-24-22(19-10-5-3-6-11-19)20-12-7-4-8-13-20;/h3-8,10-13,21H,2,9,14-18H2,1H3;1H/t21-;/m0./s1. The van der Waals surface area contributed by atoms with Gasteiger partial charge in [-0.25, -0.2) is 0 Å². The number of nitrogens with one attached hydrogen (secondary N) is 1. The highest BCUT2D eigenvalue weighted by atomic mass is 35.5. The molecule has 1 aliphatic heterocycles. The molecule has 3 rings (SSSR count). The van der Waals surface area contributed by atoms with Crippen molar-refractivity contribution in [3.05, 3.63) is 71.8 Å². The van der Waals surface area contributed by atoms with E-state index >= 15 is 0 Å². The van der Waals surface area contributed by atoms with Gasteiger partial charge in [-0.1, -0.05) is 65.8 Å². The van der Waals surface area contributed by atoms with Crippen molar-refractivity contribution in [2.45, 2.75) is 19.8 Å². The summed E-state index contributed by atoms with van der Waals surface area (Å²) in [6.07, 6.45) is 1.97. The van der Waals surface area contributed by atoms with E-state index < -0.39 is 0 Å². The molecule has 2 atom stereocenters. The van der Waals surface area contributed by atoms with Gasteiger partial charge in [-0.2, -0.15) is 0 Å². The van der Waals surface area contributed by atoms with E-state index in [1.807, 2.05) is 67.6 Å². The van der Waals surface area contributed by atoms with Crippen molar-refractivity contribution in [2.75, 3.05) is 32.8 Å². The molecule has 5 nitrogen and oxygen atoms in total. The Hall–Kier alpha value is -2.37. The van der Waals surface area contributed by atoms with Crippen LogP contribution in [0.1, 0.15) is 30.9 Å². The second-order valence-electron chi connectivity index (χ2n) is 7.05. The number of quaternary nitrogens is 1. The highest BCUT2D eigenvalue weighted by Gasteiger charge is 2.29. The van der Waals surface area contributed by atoms with E-state index in [1.54, 1.807) is 0 Å². The molecule has 156 valence electrons. The number of ether oxygens (including phenoxy) is 1. The maximum Gasteiger partial charge on any atom is 0.314 e. The number of likely N-dealkylation sites (tertiary alicyclic amines) is 1. The summed E-state index contributed by atoms with van der Waals surface area (Å²) in [5.41, 5.74) is 2.89. The summed E-state index contributed by atoms with van der Waals surface area (Å²) >= 11 is 0. The van der Waals surface area contributed by atoms with Gasteiger partial charge in [0.1, 0.15) is 18.2 Å². The number of nitrogens with zero attached hydrogens (tertiary/aromatic N) is 1. The summed E-state index contributed by atoms with van der Waals surface area (Å²) in [6.45, 7) is 5.53. The van der Waals surface area contributed by atoms with Crippen LogP contribution in [0.15, 0.2) is 65.8 Å². The summed E-state index contributed by atoms with van der Waals surface area (Å²) in [5, 5.41) is 4.44. The third-order valence-electron chi connectivity index (χ3n) is 5.04. The summed E-state index contributed by atoms with van der Waals surface area (Å²) in [7, 11) is 0. The van der Waals surface area contributed by atoms with Crippen molar-refractivity contribution < 1.29 is 31.7 Å². The Morgan fingerprint density at radius 2 is 1.69 bits per heavy atom. The van der Waals surface area contributed by atoms with Crippen LogP contribution in [-0.2, 0) is 14.4 Å². The van der Waals surface area contributed by atoms with E-state index in [2.05, 4.69) is 5.16 Å². The first-order valence-electron chi connectivity index (χ1n) is 10.1. The molecule has 2 aromatic carbocycles. The van der Waals surface area contributed by atoms with Crippen molar-refractivity contribution >= 4 is 11.7 Å². The fourth-order valence-electron chi connectivity index (χ4n) is 3.60. The number of benzene rings is 2. The molecule has 0 aliphatic carbocycles. The molecular weight excluding hydrogens is 388 g/mol. The van der Waals surface area contributed by atoms with Crippen molar-refractivity contribution in [3.8, 4) is 0 Å². The number of oxime groups is 1. The lowest BCUT2D eigenvalue weighted by Gasteiger charge is -2.28. The average molecular weight is 417 g/mol. The minimum atomic E-state index is -0.0610. The molecule has 1 saturated heterocycles. The number of carbonyl (C=O) groups excluding carboxylic acids is 1. The number of rotatable bonds is 8. The molecule has 0 radical (unpaired) electrons. The van der Waals surface area contributed by atoms with Crippen LogP contribution >= 0.6 is 0 Å². The molecule has 2 aromatic rings. The van der Waals surface area contributed by atoms with Gasteiger partial charge < -0.3 is 26.9 Å². The Labute approximate surface area is 179 Å². The van der Waals surface area contributed by atoms with E-state index in [0.717, 1.165) is 49.3 Å². The Morgan fingerprint density at radius 1 is 1.07 bits per heavy atom. The van der Waals surface area contributed by atoms with Gasteiger partial charge in [-0.15, -0.1) is 0 Å². The SMILES string of the molecule is CCOC(=O)[C@H]1CCC[NH+](CCON=C(c2ccccc2)c2ccccc2)C1.[Cl-]. The second kappa shape index (κ2) is 12.2. The molecular formula is C23H29ClN2O3. The number of halogens is 1. The molecule has 6 heteroatoms. The zero-order chi connectivity index (χ0) is 19.6. The van der Waals surface area contributed by atoms with Gasteiger partial charge in [-0.05, 0) is 19.8 Å². The zero-order valence-corrected chi connectivity index (χ0v) is 17.6. The first-order chi connectivity index (χ1) is 13.8. The van der Waals surface area contributed by atoms with Crippen LogP contribution in [-0.4, -0.2) is 44.5 Å². The van der Waals surface area contributed by atoms with Crippen LogP contribution in [0.4, 0.5) is 0 Å². The maximum absolute atomic E-state index is 12.0. The summed E-state index contributed by atoms with van der Waals surface area (Å²) in [4.78, 5) is 19.1. The summed E-state index contributed by atoms with van der Waals surface area (Å²) in [6, 6.07) is 20.1. The van der Waals surface area contributed by atoms with Crippen molar-refractivity contribution in [3.63, 3.8) is 0 Å². The monoisotopic (exact) mass is 416 g/mol. The minimum Gasteiger partial charge on any atom is -1.00 e. The molecule has 29 heavy (non-hydrogen) atoms. The Morgan fingerprint density at radius 3 is 2.28 bits per heavy atom. The third-order valence-corrected chi connectivity index (χ3v) is 5.04. The molecule has 1 aliphatic rings. The van der Waals surface area contributed by atoms with Gasteiger partial charge in [0.25, 0.3) is 0 Å². The van der Waals surface area contributed by atoms with Crippen molar-refractivity contribution in [1.29, 1.82) is 0 Å².